The van der Waals surface area contributed by atoms with Crippen LogP contribution in [0.4, 0.5) is 5.82 Å². The molecule has 0 aromatic carbocycles. The maximum Gasteiger partial charge on any atom is 0.256 e. The number of hydrogen-bond acceptors (Lipinski definition) is 4. The van der Waals surface area contributed by atoms with Crippen LogP contribution in [-0.4, -0.2) is 52.3 Å². The zero-order valence-corrected chi connectivity index (χ0v) is 19.2. The number of nitrogens with zero attached hydrogens (tertiary/aromatic N) is 3. The Morgan fingerprint density at radius 1 is 1.12 bits per heavy atom. The van der Waals surface area contributed by atoms with Crippen LogP contribution in [0.5, 0.6) is 0 Å². The van der Waals surface area contributed by atoms with Crippen LogP contribution in [0.3, 0.4) is 0 Å². The molecular weight excluding hydrogens is 398 g/mol. The van der Waals surface area contributed by atoms with E-state index >= 15 is 0 Å². The molecule has 5 rings (SSSR count). The van der Waals surface area contributed by atoms with Gasteiger partial charge >= 0.3 is 0 Å². The van der Waals surface area contributed by atoms with Gasteiger partial charge < -0.3 is 15.5 Å². The number of carbonyl (C=O) groups excluding carboxylic acids is 1. The van der Waals surface area contributed by atoms with E-state index in [-0.39, 0.29) is 11.9 Å². The molecule has 3 unspecified atom stereocenters. The lowest BCUT2D eigenvalue weighted by Gasteiger charge is -2.37. The van der Waals surface area contributed by atoms with Gasteiger partial charge in [0.05, 0.1) is 12.2 Å². The Morgan fingerprint density at radius 2 is 1.91 bits per heavy atom. The molecule has 0 spiro atoms. The molecule has 1 aromatic heterocycles. The van der Waals surface area contributed by atoms with Crippen molar-refractivity contribution in [2.24, 2.45) is 11.8 Å². The number of nitrogens with one attached hydrogen (secondary N) is 2. The average molecular weight is 436 g/mol. The Morgan fingerprint density at radius 3 is 2.69 bits per heavy atom. The second kappa shape index (κ2) is 9.65. The average Bonchev–Trinajstić information content (AvgIpc) is 3.35. The first kappa shape index (κ1) is 21.5. The molecule has 4 aliphatic rings. The van der Waals surface area contributed by atoms with E-state index in [4.69, 9.17) is 0 Å². The van der Waals surface area contributed by atoms with Crippen molar-refractivity contribution in [3.63, 3.8) is 0 Å². The fourth-order valence-electron chi connectivity index (χ4n) is 5.96. The highest BCUT2D eigenvalue weighted by atomic mass is 16.1. The molecule has 2 fully saturated rings. The maximum absolute atomic E-state index is 13.2. The van der Waals surface area contributed by atoms with Crippen molar-refractivity contribution in [1.82, 2.24) is 20.0 Å². The van der Waals surface area contributed by atoms with Crippen molar-refractivity contribution in [3.05, 3.63) is 48.2 Å². The summed E-state index contributed by atoms with van der Waals surface area (Å²) in [5.41, 5.74) is 0.705. The zero-order valence-electron chi connectivity index (χ0n) is 19.2. The Bertz CT molecular complexity index is 878. The van der Waals surface area contributed by atoms with Crippen molar-refractivity contribution in [3.8, 4) is 0 Å². The van der Waals surface area contributed by atoms with Crippen molar-refractivity contribution in [2.75, 3.05) is 25.0 Å². The molecule has 2 aliphatic carbocycles. The third kappa shape index (κ3) is 4.70. The predicted molar refractivity (Wildman–Crippen MR) is 129 cm³/mol. The molecule has 6 nitrogen and oxygen atoms in total. The number of fused-ring (bicyclic) bond motifs is 1. The van der Waals surface area contributed by atoms with E-state index in [0.717, 1.165) is 44.2 Å². The topological polar surface area (TPSA) is 62.2 Å². The van der Waals surface area contributed by atoms with Crippen LogP contribution in [0.15, 0.2) is 42.7 Å². The molecule has 6 heteroatoms. The minimum absolute atomic E-state index is 0.0144. The summed E-state index contributed by atoms with van der Waals surface area (Å²) < 4.78 is 2.02. The minimum atomic E-state index is 0.0144. The van der Waals surface area contributed by atoms with Crippen LogP contribution in [0.2, 0.25) is 0 Å². The summed E-state index contributed by atoms with van der Waals surface area (Å²) in [6, 6.07) is 0.986. The molecule has 1 saturated heterocycles. The summed E-state index contributed by atoms with van der Waals surface area (Å²) in [7, 11) is 0. The van der Waals surface area contributed by atoms with Gasteiger partial charge in [0.25, 0.3) is 5.91 Å². The smallest absolute Gasteiger partial charge is 0.256 e. The lowest BCUT2D eigenvalue weighted by atomic mass is 9.81. The van der Waals surface area contributed by atoms with Gasteiger partial charge in [-0.3, -0.25) is 4.79 Å². The van der Waals surface area contributed by atoms with E-state index in [1.54, 1.807) is 6.20 Å². The molecule has 1 saturated carbocycles. The SMILES string of the molecule is CC1CC(C2CCCCC2)Nc2c(C(=O)NC3CCN(CC4C=CC=CC=C4)C3)cnn21. The van der Waals surface area contributed by atoms with Gasteiger partial charge in [-0.1, -0.05) is 55.7 Å². The van der Waals surface area contributed by atoms with Crippen LogP contribution in [0.1, 0.15) is 68.3 Å². The number of anilines is 1. The second-order valence-electron chi connectivity index (χ2n) is 10.1. The standard InChI is InChI=1S/C26H37N5O/c1-19-15-24(21-11-7-4-8-12-21)29-25-23(16-27-31(19)25)26(32)28-22-13-14-30(18-22)17-20-9-5-2-3-6-10-20/h2-3,5-6,9-10,16,19-22,24,29H,4,7-8,11-15,17-18H2,1H3,(H,28,32). The molecule has 2 aliphatic heterocycles. The van der Waals surface area contributed by atoms with Gasteiger partial charge in [-0.05, 0) is 38.5 Å². The normalized spacial score (nSPS) is 29.0. The van der Waals surface area contributed by atoms with Gasteiger partial charge in [0, 0.05) is 37.6 Å². The molecule has 3 heterocycles. The van der Waals surface area contributed by atoms with Crippen molar-refractivity contribution in [2.45, 2.75) is 70.0 Å². The highest BCUT2D eigenvalue weighted by Crippen LogP contribution is 2.37. The molecule has 0 bridgehead atoms. The number of likely N-dealkylation sites (tertiary alicyclic amines) is 1. The number of rotatable bonds is 5. The minimum Gasteiger partial charge on any atom is -0.367 e. The summed E-state index contributed by atoms with van der Waals surface area (Å²) in [5.74, 6) is 2.09. The number of allylic oxidation sites excluding steroid dienone is 4. The summed E-state index contributed by atoms with van der Waals surface area (Å²) in [5, 5.41) is 11.6. The fraction of sp³-hybridized carbons (Fsp3) is 0.615. The van der Waals surface area contributed by atoms with Gasteiger partial charge in [-0.25, -0.2) is 4.68 Å². The highest BCUT2D eigenvalue weighted by molar-refractivity contribution is 5.99. The summed E-state index contributed by atoms with van der Waals surface area (Å²) in [4.78, 5) is 15.7. The van der Waals surface area contributed by atoms with Gasteiger partial charge in [0.1, 0.15) is 11.4 Å². The Labute approximate surface area is 191 Å². The van der Waals surface area contributed by atoms with Crippen LogP contribution >= 0.6 is 0 Å². The molecule has 172 valence electrons. The van der Waals surface area contributed by atoms with Crippen LogP contribution in [0, 0.1) is 11.8 Å². The number of amides is 1. The zero-order chi connectivity index (χ0) is 21.9. The maximum atomic E-state index is 13.2. The van der Waals surface area contributed by atoms with E-state index in [2.05, 4.69) is 64.0 Å². The molecule has 0 radical (unpaired) electrons. The van der Waals surface area contributed by atoms with Gasteiger partial charge in [0.2, 0.25) is 0 Å². The Kier molecular flexibility index (Phi) is 6.49. The van der Waals surface area contributed by atoms with E-state index in [0.29, 0.717) is 23.6 Å². The van der Waals surface area contributed by atoms with Crippen molar-refractivity contribution < 1.29 is 4.79 Å². The third-order valence-corrected chi connectivity index (χ3v) is 7.72. The lowest BCUT2D eigenvalue weighted by Crippen LogP contribution is -2.40. The molecule has 1 amide bonds. The van der Waals surface area contributed by atoms with Crippen LogP contribution in [-0.2, 0) is 0 Å². The monoisotopic (exact) mass is 435 g/mol. The largest absolute Gasteiger partial charge is 0.367 e. The quantitative estimate of drug-likeness (QED) is 0.723. The van der Waals surface area contributed by atoms with E-state index in [1.807, 2.05) is 4.68 Å². The van der Waals surface area contributed by atoms with E-state index < -0.39 is 0 Å². The molecule has 3 atom stereocenters. The number of carbonyl (C=O) groups is 1. The Hall–Kier alpha value is -2.34. The second-order valence-corrected chi connectivity index (χ2v) is 10.1. The molecule has 2 N–H and O–H groups in total. The third-order valence-electron chi connectivity index (χ3n) is 7.72. The molecule has 32 heavy (non-hydrogen) atoms. The van der Waals surface area contributed by atoms with Gasteiger partial charge in [-0.2, -0.15) is 5.10 Å². The van der Waals surface area contributed by atoms with Crippen molar-refractivity contribution >= 4 is 11.7 Å². The van der Waals surface area contributed by atoms with Crippen molar-refractivity contribution in [1.29, 1.82) is 0 Å². The predicted octanol–water partition coefficient (Wildman–Crippen LogP) is 4.31. The summed E-state index contributed by atoms with van der Waals surface area (Å²) in [6.07, 6.45) is 23.4. The van der Waals surface area contributed by atoms with Gasteiger partial charge in [0.15, 0.2) is 0 Å². The Balaban J connectivity index is 1.20. The fourth-order valence-corrected chi connectivity index (χ4v) is 5.96. The number of hydrogen-bond donors (Lipinski definition) is 2. The molecular formula is C26H37N5O. The number of aromatic nitrogens is 2. The first-order valence-corrected chi connectivity index (χ1v) is 12.6. The molecule has 1 aromatic rings. The lowest BCUT2D eigenvalue weighted by molar-refractivity contribution is 0.0938. The first-order chi connectivity index (χ1) is 15.7. The van der Waals surface area contributed by atoms with E-state index in [1.165, 1.54) is 32.1 Å². The highest BCUT2D eigenvalue weighted by Gasteiger charge is 2.34. The van der Waals surface area contributed by atoms with Crippen LogP contribution in [0.25, 0.3) is 0 Å². The summed E-state index contributed by atoms with van der Waals surface area (Å²) in [6.45, 7) is 5.18. The van der Waals surface area contributed by atoms with Gasteiger partial charge in [-0.15, -0.1) is 0 Å². The summed E-state index contributed by atoms with van der Waals surface area (Å²) >= 11 is 0. The van der Waals surface area contributed by atoms with Crippen LogP contribution < -0.4 is 10.6 Å². The van der Waals surface area contributed by atoms with E-state index in [9.17, 15) is 4.79 Å². The first-order valence-electron chi connectivity index (χ1n) is 12.6.